The van der Waals surface area contributed by atoms with Crippen molar-refractivity contribution >= 4 is 17.6 Å². The van der Waals surface area contributed by atoms with Crippen LogP contribution in [0.5, 0.6) is 0 Å². The van der Waals surface area contributed by atoms with Crippen LogP contribution in [0.25, 0.3) is 0 Å². The summed E-state index contributed by atoms with van der Waals surface area (Å²) >= 11 is 0. The van der Waals surface area contributed by atoms with Crippen LogP contribution in [0.4, 0.5) is 5.69 Å². The smallest absolute Gasteiger partial charge is 0.325 e. The van der Waals surface area contributed by atoms with Gasteiger partial charge in [0.2, 0.25) is 5.91 Å². The highest BCUT2D eigenvalue weighted by Gasteiger charge is 2.33. The molecule has 5 heteroatoms. The van der Waals surface area contributed by atoms with Gasteiger partial charge in [-0.15, -0.1) is 0 Å². The number of nitrogens with zero attached hydrogens (tertiary/aromatic N) is 1. The van der Waals surface area contributed by atoms with Gasteiger partial charge in [0.05, 0.1) is 12.1 Å². The summed E-state index contributed by atoms with van der Waals surface area (Å²) in [5.74, 6) is -0.768. The molecule has 2 N–H and O–H groups in total. The normalized spacial score (nSPS) is 18.4. The first-order valence-corrected chi connectivity index (χ1v) is 6.48. The molecular formula is C14H16N2O3. The van der Waals surface area contributed by atoms with Gasteiger partial charge in [0.25, 0.3) is 0 Å². The molecule has 0 saturated heterocycles. The van der Waals surface area contributed by atoms with Gasteiger partial charge < -0.3 is 15.3 Å². The number of carbonyl (C=O) groups is 2. The van der Waals surface area contributed by atoms with Crippen LogP contribution in [0.2, 0.25) is 0 Å². The van der Waals surface area contributed by atoms with Gasteiger partial charge in [0.15, 0.2) is 0 Å². The fourth-order valence-corrected chi connectivity index (χ4v) is 3.11. The highest BCUT2D eigenvalue weighted by Crippen LogP contribution is 2.38. The summed E-state index contributed by atoms with van der Waals surface area (Å²) in [7, 11) is 1.63. The average molecular weight is 260 g/mol. The number of likely N-dealkylation sites (N-methyl/N-ethyl adjacent to an activating group) is 1. The largest absolute Gasteiger partial charge is 0.480 e. The minimum atomic E-state index is -0.897. The standard InChI is InChI=1S/C14H16N2O3/c1-15-12(14(18)19)9-5-8-3-2-4-16-11(17)7-10(6-9)13(8)16/h5-6,12,15H,2-4,7H2,1H3,(H,18,19). The molecule has 3 rings (SSSR count). The Kier molecular flexibility index (Phi) is 2.78. The second-order valence-electron chi connectivity index (χ2n) is 5.07. The van der Waals surface area contributed by atoms with Gasteiger partial charge in [-0.2, -0.15) is 0 Å². The Morgan fingerprint density at radius 3 is 2.84 bits per heavy atom. The van der Waals surface area contributed by atoms with Crippen molar-refractivity contribution in [2.24, 2.45) is 0 Å². The quantitative estimate of drug-likeness (QED) is 0.846. The lowest BCUT2D eigenvalue weighted by Crippen LogP contribution is -2.31. The van der Waals surface area contributed by atoms with E-state index in [1.807, 2.05) is 17.0 Å². The zero-order chi connectivity index (χ0) is 13.6. The molecule has 0 fully saturated rings. The lowest BCUT2D eigenvalue weighted by molar-refractivity contribution is -0.139. The number of anilines is 1. The van der Waals surface area contributed by atoms with Gasteiger partial charge in [-0.3, -0.25) is 9.59 Å². The number of benzene rings is 1. The molecule has 1 atom stereocenters. The van der Waals surface area contributed by atoms with E-state index in [1.165, 1.54) is 0 Å². The Morgan fingerprint density at radius 1 is 1.42 bits per heavy atom. The number of amides is 1. The van der Waals surface area contributed by atoms with Crippen LogP contribution in [0.3, 0.4) is 0 Å². The summed E-state index contributed by atoms with van der Waals surface area (Å²) in [6.45, 7) is 0.784. The molecule has 5 nitrogen and oxygen atoms in total. The molecule has 0 bridgehead atoms. The summed E-state index contributed by atoms with van der Waals surface area (Å²) in [4.78, 5) is 25.0. The molecule has 2 aliphatic rings. The number of aliphatic carboxylic acids is 1. The summed E-state index contributed by atoms with van der Waals surface area (Å²) in [5, 5.41) is 12.0. The Bertz CT molecular complexity index is 568. The van der Waals surface area contributed by atoms with Gasteiger partial charge in [0, 0.05) is 6.54 Å². The molecular weight excluding hydrogens is 244 g/mol. The van der Waals surface area contributed by atoms with E-state index in [-0.39, 0.29) is 5.91 Å². The third-order valence-electron chi connectivity index (χ3n) is 3.90. The number of carbonyl (C=O) groups excluding carboxylic acids is 1. The first kappa shape index (κ1) is 12.2. The lowest BCUT2D eigenvalue weighted by atomic mass is 9.94. The number of carboxylic acid groups (broad SMARTS) is 1. The number of hydrogen-bond donors (Lipinski definition) is 2. The Hall–Kier alpha value is -1.88. The number of rotatable bonds is 3. The van der Waals surface area contributed by atoms with E-state index in [0.29, 0.717) is 6.42 Å². The molecule has 1 aromatic carbocycles. The van der Waals surface area contributed by atoms with Crippen molar-refractivity contribution in [3.63, 3.8) is 0 Å². The van der Waals surface area contributed by atoms with Crippen molar-refractivity contribution in [3.05, 3.63) is 28.8 Å². The van der Waals surface area contributed by atoms with Gasteiger partial charge >= 0.3 is 5.97 Å². The predicted octanol–water partition coefficient (Wildman–Crippen LogP) is 0.867. The summed E-state index contributed by atoms with van der Waals surface area (Å²) in [6.07, 6.45) is 2.25. The second kappa shape index (κ2) is 4.35. The zero-order valence-electron chi connectivity index (χ0n) is 10.8. The van der Waals surface area contributed by atoms with Crippen LogP contribution in [-0.4, -0.2) is 30.6 Å². The van der Waals surface area contributed by atoms with Gasteiger partial charge in [-0.25, -0.2) is 0 Å². The third-order valence-corrected chi connectivity index (χ3v) is 3.90. The maximum Gasteiger partial charge on any atom is 0.325 e. The molecule has 0 spiro atoms. The maximum atomic E-state index is 11.9. The molecule has 0 radical (unpaired) electrons. The molecule has 0 aliphatic carbocycles. The van der Waals surface area contributed by atoms with E-state index >= 15 is 0 Å². The summed E-state index contributed by atoms with van der Waals surface area (Å²) < 4.78 is 0. The predicted molar refractivity (Wildman–Crippen MR) is 70.3 cm³/mol. The molecule has 0 saturated carbocycles. The van der Waals surface area contributed by atoms with Crippen LogP contribution >= 0.6 is 0 Å². The van der Waals surface area contributed by atoms with Crippen LogP contribution in [0.15, 0.2) is 12.1 Å². The Labute approximate surface area is 111 Å². The topological polar surface area (TPSA) is 69.6 Å². The molecule has 2 aliphatic heterocycles. The van der Waals surface area contributed by atoms with E-state index in [4.69, 9.17) is 0 Å². The van der Waals surface area contributed by atoms with Crippen molar-refractivity contribution in [1.82, 2.24) is 5.32 Å². The maximum absolute atomic E-state index is 11.9. The fourth-order valence-electron chi connectivity index (χ4n) is 3.11. The third kappa shape index (κ3) is 1.81. The van der Waals surface area contributed by atoms with Crippen molar-refractivity contribution < 1.29 is 14.7 Å². The van der Waals surface area contributed by atoms with Crippen LogP contribution in [-0.2, 0) is 22.4 Å². The van der Waals surface area contributed by atoms with E-state index in [9.17, 15) is 14.7 Å². The molecule has 0 aromatic heterocycles. The second-order valence-corrected chi connectivity index (χ2v) is 5.07. The minimum absolute atomic E-state index is 0.129. The van der Waals surface area contributed by atoms with Crippen molar-refractivity contribution in [1.29, 1.82) is 0 Å². The summed E-state index contributed by atoms with van der Waals surface area (Å²) in [6, 6.07) is 3.07. The average Bonchev–Trinajstić information content (AvgIpc) is 2.68. The fraction of sp³-hybridized carbons (Fsp3) is 0.429. The van der Waals surface area contributed by atoms with E-state index in [2.05, 4.69) is 5.32 Å². The van der Waals surface area contributed by atoms with Gasteiger partial charge in [-0.05, 0) is 36.6 Å². The van der Waals surface area contributed by atoms with E-state index < -0.39 is 12.0 Å². The van der Waals surface area contributed by atoms with Crippen molar-refractivity contribution in [3.8, 4) is 0 Å². The number of hydrogen-bond acceptors (Lipinski definition) is 3. The SMILES string of the molecule is CNC(C(=O)O)c1cc2c3c(c1)CC(=O)N3CCC2. The Balaban J connectivity index is 2.10. The van der Waals surface area contributed by atoms with Crippen molar-refractivity contribution in [2.45, 2.75) is 25.3 Å². The monoisotopic (exact) mass is 260 g/mol. The Morgan fingerprint density at radius 2 is 2.16 bits per heavy atom. The van der Waals surface area contributed by atoms with Crippen LogP contribution in [0, 0.1) is 0 Å². The lowest BCUT2D eigenvalue weighted by Gasteiger charge is -2.26. The molecule has 19 heavy (non-hydrogen) atoms. The van der Waals surface area contributed by atoms with E-state index in [0.717, 1.165) is 41.8 Å². The molecule has 1 aromatic rings. The van der Waals surface area contributed by atoms with E-state index in [1.54, 1.807) is 7.05 Å². The first-order chi connectivity index (χ1) is 9.11. The highest BCUT2D eigenvalue weighted by atomic mass is 16.4. The zero-order valence-corrected chi connectivity index (χ0v) is 10.8. The number of nitrogens with one attached hydrogen (secondary N) is 1. The number of carboxylic acids is 1. The molecule has 1 unspecified atom stereocenters. The van der Waals surface area contributed by atoms with Gasteiger partial charge in [-0.1, -0.05) is 12.1 Å². The molecule has 1 amide bonds. The van der Waals surface area contributed by atoms with Crippen LogP contribution in [0.1, 0.15) is 29.2 Å². The van der Waals surface area contributed by atoms with Crippen LogP contribution < -0.4 is 10.2 Å². The first-order valence-electron chi connectivity index (χ1n) is 6.48. The summed E-state index contributed by atoms with van der Waals surface area (Å²) in [5.41, 5.74) is 3.84. The van der Waals surface area contributed by atoms with Crippen molar-refractivity contribution in [2.75, 3.05) is 18.5 Å². The van der Waals surface area contributed by atoms with Gasteiger partial charge in [0.1, 0.15) is 6.04 Å². The minimum Gasteiger partial charge on any atom is -0.480 e. The highest BCUT2D eigenvalue weighted by molar-refractivity contribution is 6.03. The number of aryl methyl sites for hydroxylation is 1. The molecule has 2 heterocycles. The molecule has 100 valence electrons.